The normalized spacial score (nSPS) is 12.1. The van der Waals surface area contributed by atoms with E-state index < -0.39 is 21.3 Å². The second-order valence-electron chi connectivity index (χ2n) is 5.58. The molecule has 1 radical (unpaired) electrons. The van der Waals surface area contributed by atoms with Gasteiger partial charge >= 0.3 is 15.7 Å². The van der Waals surface area contributed by atoms with E-state index in [9.17, 15) is 13.2 Å². The van der Waals surface area contributed by atoms with E-state index in [-0.39, 0.29) is 0 Å². The van der Waals surface area contributed by atoms with E-state index >= 15 is 0 Å². The molecule has 0 amide bonds. The first-order chi connectivity index (χ1) is 11.5. The van der Waals surface area contributed by atoms with Crippen LogP contribution < -0.4 is 0 Å². The van der Waals surface area contributed by atoms with E-state index in [1.165, 1.54) is 12.1 Å². The second-order valence-corrected chi connectivity index (χ2v) is 7.18. The van der Waals surface area contributed by atoms with Crippen LogP contribution in [0.3, 0.4) is 0 Å². The molecular formula is C17H26F3O3Si. The van der Waals surface area contributed by atoms with Crippen molar-refractivity contribution in [3.63, 3.8) is 0 Å². The van der Waals surface area contributed by atoms with E-state index in [1.54, 1.807) is 20.3 Å². The highest BCUT2D eigenvalue weighted by Gasteiger charge is 2.30. The van der Waals surface area contributed by atoms with Crippen molar-refractivity contribution in [1.82, 2.24) is 0 Å². The van der Waals surface area contributed by atoms with Gasteiger partial charge in [0.05, 0.1) is 5.56 Å². The number of rotatable bonds is 12. The van der Waals surface area contributed by atoms with Crippen molar-refractivity contribution in [3.8, 4) is 0 Å². The zero-order valence-corrected chi connectivity index (χ0v) is 15.3. The Kier molecular flexibility index (Phi) is 10.2. The number of aryl methyl sites for hydroxylation is 1. The molecule has 1 aromatic carbocycles. The van der Waals surface area contributed by atoms with Gasteiger partial charge in [0.15, 0.2) is 0 Å². The molecule has 0 aromatic heterocycles. The van der Waals surface area contributed by atoms with Crippen LogP contribution in [0.25, 0.3) is 0 Å². The Morgan fingerprint density at radius 2 is 1.54 bits per heavy atom. The molecule has 3 nitrogen and oxygen atoms in total. The minimum atomic E-state index is -4.26. The molecule has 137 valence electrons. The lowest BCUT2D eigenvalue weighted by molar-refractivity contribution is -0.137. The smallest absolute Gasteiger partial charge is 0.375 e. The summed E-state index contributed by atoms with van der Waals surface area (Å²) in [6, 6.07) is 5.61. The summed E-state index contributed by atoms with van der Waals surface area (Å²) in [5.41, 5.74) is 0.194. The highest BCUT2D eigenvalue weighted by Crippen LogP contribution is 2.29. The van der Waals surface area contributed by atoms with Crippen LogP contribution in [0.5, 0.6) is 0 Å². The average molecular weight is 363 g/mol. The van der Waals surface area contributed by atoms with Crippen LogP contribution >= 0.6 is 0 Å². The fraction of sp³-hybridized carbons (Fsp3) is 0.647. The third kappa shape index (κ3) is 8.82. The molecule has 7 heteroatoms. The Morgan fingerprint density at radius 1 is 0.917 bits per heavy atom. The summed E-state index contributed by atoms with van der Waals surface area (Å²) in [5.74, 6) is 0. The number of halogens is 3. The Morgan fingerprint density at radius 3 is 2.17 bits per heavy atom. The minimum absolute atomic E-state index is 0.562. The van der Waals surface area contributed by atoms with Gasteiger partial charge in [-0.1, -0.05) is 43.9 Å². The number of alkyl halides is 3. The molecule has 0 saturated carbocycles. The van der Waals surface area contributed by atoms with Crippen molar-refractivity contribution < 1.29 is 26.4 Å². The maximum absolute atomic E-state index is 12.6. The minimum Gasteiger partial charge on any atom is -0.375 e. The molecule has 0 bridgehead atoms. The fourth-order valence-electron chi connectivity index (χ4n) is 2.40. The Labute approximate surface area is 144 Å². The predicted molar refractivity (Wildman–Crippen MR) is 88.6 cm³/mol. The average Bonchev–Trinajstić information content (AvgIpc) is 2.56. The van der Waals surface area contributed by atoms with E-state index in [2.05, 4.69) is 0 Å². The molecule has 1 aromatic rings. The van der Waals surface area contributed by atoms with Crippen molar-refractivity contribution in [2.75, 3.05) is 20.8 Å². The molecule has 0 heterocycles. The van der Waals surface area contributed by atoms with Gasteiger partial charge in [0.25, 0.3) is 0 Å². The standard InChI is InChI=1S/C17H26F3O3Si/c1-21-24(22-2)23-13-8-6-4-3-5-7-10-15-11-9-12-16(14-15)17(18,19)20/h9,11-12,14H,3-8,10,13H2,1-2H3. The summed E-state index contributed by atoms with van der Waals surface area (Å²) in [6.45, 7) is 0.639. The van der Waals surface area contributed by atoms with Gasteiger partial charge in [0.2, 0.25) is 0 Å². The van der Waals surface area contributed by atoms with Crippen LogP contribution in [0.2, 0.25) is 0 Å². The highest BCUT2D eigenvalue weighted by atomic mass is 28.3. The van der Waals surface area contributed by atoms with Gasteiger partial charge in [-0.05, 0) is 30.9 Å². The van der Waals surface area contributed by atoms with Crippen LogP contribution in [0.15, 0.2) is 24.3 Å². The lowest BCUT2D eigenvalue weighted by Crippen LogP contribution is -2.24. The first-order valence-electron chi connectivity index (χ1n) is 8.21. The molecule has 0 aliphatic rings. The largest absolute Gasteiger partial charge is 0.577 e. The van der Waals surface area contributed by atoms with Gasteiger partial charge in [-0.15, -0.1) is 0 Å². The molecule has 0 fully saturated rings. The van der Waals surface area contributed by atoms with Gasteiger partial charge in [0, 0.05) is 20.8 Å². The SMILES string of the molecule is CO[Si](OC)OCCCCCCCCc1cccc(C(F)(F)F)c1. The lowest BCUT2D eigenvalue weighted by atomic mass is 10.0. The summed E-state index contributed by atoms with van der Waals surface area (Å²) < 4.78 is 53.4. The van der Waals surface area contributed by atoms with E-state index in [0.717, 1.165) is 50.2 Å². The Hall–Kier alpha value is -0.893. The van der Waals surface area contributed by atoms with Gasteiger partial charge in [-0.2, -0.15) is 13.2 Å². The number of benzene rings is 1. The lowest BCUT2D eigenvalue weighted by Gasteiger charge is -2.09. The summed E-state index contributed by atoms with van der Waals surface area (Å²) in [5, 5.41) is 0. The molecule has 0 unspecified atom stereocenters. The molecule has 0 aliphatic carbocycles. The van der Waals surface area contributed by atoms with Crippen LogP contribution in [0, 0.1) is 0 Å². The Balaban J connectivity index is 2.07. The number of hydrogen-bond donors (Lipinski definition) is 0. The van der Waals surface area contributed by atoms with Crippen molar-refractivity contribution >= 4 is 9.53 Å². The molecule has 0 spiro atoms. The van der Waals surface area contributed by atoms with Crippen molar-refractivity contribution in [3.05, 3.63) is 35.4 Å². The van der Waals surface area contributed by atoms with Gasteiger partial charge in [-0.25, -0.2) is 0 Å². The quantitative estimate of drug-likeness (QED) is 0.391. The van der Waals surface area contributed by atoms with Gasteiger partial charge in [-0.3, -0.25) is 0 Å². The van der Waals surface area contributed by atoms with Crippen molar-refractivity contribution in [2.24, 2.45) is 0 Å². The third-order valence-electron chi connectivity index (χ3n) is 3.67. The van der Waals surface area contributed by atoms with Crippen LogP contribution in [-0.4, -0.2) is 30.4 Å². The van der Waals surface area contributed by atoms with E-state index in [1.807, 2.05) is 0 Å². The van der Waals surface area contributed by atoms with E-state index in [0.29, 0.717) is 13.0 Å². The molecule has 1 rings (SSSR count). The first kappa shape index (κ1) is 21.2. The molecular weight excluding hydrogens is 337 g/mol. The predicted octanol–water partition coefficient (Wildman–Crippen LogP) is 4.88. The zero-order valence-electron chi connectivity index (χ0n) is 14.3. The molecule has 24 heavy (non-hydrogen) atoms. The van der Waals surface area contributed by atoms with E-state index in [4.69, 9.17) is 13.3 Å². The third-order valence-corrected chi connectivity index (χ3v) is 4.77. The number of unbranched alkanes of at least 4 members (excludes halogenated alkanes) is 5. The summed E-state index contributed by atoms with van der Waals surface area (Å²) >= 11 is 0. The maximum atomic E-state index is 12.6. The molecule has 0 saturated heterocycles. The summed E-state index contributed by atoms with van der Waals surface area (Å²) in [6.07, 6.45) is 2.62. The number of hydrogen-bond acceptors (Lipinski definition) is 3. The summed E-state index contributed by atoms with van der Waals surface area (Å²) in [4.78, 5) is 0. The molecule has 0 N–H and O–H groups in total. The monoisotopic (exact) mass is 363 g/mol. The Bertz CT molecular complexity index is 451. The molecule has 0 atom stereocenters. The summed E-state index contributed by atoms with van der Waals surface area (Å²) in [7, 11) is 1.59. The van der Waals surface area contributed by atoms with Gasteiger partial charge in [0.1, 0.15) is 0 Å². The highest BCUT2D eigenvalue weighted by molar-refractivity contribution is 6.36. The van der Waals surface area contributed by atoms with Crippen molar-refractivity contribution in [1.29, 1.82) is 0 Å². The van der Waals surface area contributed by atoms with Crippen molar-refractivity contribution in [2.45, 2.75) is 51.1 Å². The van der Waals surface area contributed by atoms with Crippen LogP contribution in [0.1, 0.15) is 49.7 Å². The zero-order chi connectivity index (χ0) is 17.8. The van der Waals surface area contributed by atoms with Crippen LogP contribution in [0.4, 0.5) is 13.2 Å². The topological polar surface area (TPSA) is 27.7 Å². The van der Waals surface area contributed by atoms with Gasteiger partial charge < -0.3 is 13.3 Å². The fourth-order valence-corrected chi connectivity index (χ4v) is 3.11. The first-order valence-corrected chi connectivity index (χ1v) is 9.43. The maximum Gasteiger partial charge on any atom is 0.577 e. The second kappa shape index (κ2) is 11.6. The van der Waals surface area contributed by atoms with Crippen LogP contribution in [-0.2, 0) is 25.9 Å². The molecule has 0 aliphatic heterocycles.